The van der Waals surface area contributed by atoms with Crippen LogP contribution in [0.25, 0.3) is 0 Å². The summed E-state index contributed by atoms with van der Waals surface area (Å²) in [6.07, 6.45) is 2.69. The first-order valence-electron chi connectivity index (χ1n) is 10.2. The molecule has 0 saturated carbocycles. The zero-order valence-corrected chi connectivity index (χ0v) is 16.9. The fourth-order valence-electron chi connectivity index (χ4n) is 4.41. The van der Waals surface area contributed by atoms with Gasteiger partial charge in [-0.05, 0) is 54.0 Å². The van der Waals surface area contributed by atoms with Crippen LogP contribution < -0.4 is 4.74 Å². The van der Waals surface area contributed by atoms with Crippen LogP contribution in [0, 0.1) is 0 Å². The average molecular weight is 399 g/mol. The second kappa shape index (κ2) is 7.85. The third-order valence-corrected chi connectivity index (χ3v) is 6.94. The van der Waals surface area contributed by atoms with Gasteiger partial charge in [-0.2, -0.15) is 0 Å². The molecule has 1 atom stereocenters. The molecule has 0 radical (unpaired) electrons. The number of carbonyl (C=O) groups excluding carboxylic acids is 1. The van der Waals surface area contributed by atoms with Crippen molar-refractivity contribution in [2.45, 2.75) is 45.0 Å². The first-order valence-corrected chi connectivity index (χ1v) is 11.1. The van der Waals surface area contributed by atoms with Crippen molar-refractivity contribution in [2.75, 3.05) is 26.3 Å². The van der Waals surface area contributed by atoms with Crippen LogP contribution in [0.15, 0.2) is 29.6 Å². The summed E-state index contributed by atoms with van der Waals surface area (Å²) in [7, 11) is 0. The molecule has 1 fully saturated rings. The maximum atomic E-state index is 12.8. The van der Waals surface area contributed by atoms with E-state index in [1.165, 1.54) is 16.0 Å². The first-order chi connectivity index (χ1) is 13.8. The van der Waals surface area contributed by atoms with Crippen LogP contribution >= 0.6 is 11.3 Å². The van der Waals surface area contributed by atoms with Crippen LogP contribution in [0.3, 0.4) is 0 Å². The number of carbonyl (C=O) groups is 1. The van der Waals surface area contributed by atoms with E-state index in [4.69, 9.17) is 9.47 Å². The zero-order chi connectivity index (χ0) is 18.9. The smallest absolute Gasteiger partial charge is 0.252 e. The molecule has 3 aliphatic rings. The van der Waals surface area contributed by atoms with E-state index in [0.29, 0.717) is 26.3 Å². The van der Waals surface area contributed by atoms with E-state index in [-0.39, 0.29) is 12.0 Å². The van der Waals surface area contributed by atoms with Crippen molar-refractivity contribution in [3.05, 3.63) is 51.2 Å². The van der Waals surface area contributed by atoms with Gasteiger partial charge in [0.25, 0.3) is 5.91 Å². The number of hydrogen-bond donors (Lipinski definition) is 0. The van der Waals surface area contributed by atoms with Crippen LogP contribution in [-0.4, -0.2) is 48.1 Å². The molecule has 0 spiro atoms. The van der Waals surface area contributed by atoms with Crippen molar-refractivity contribution >= 4 is 17.2 Å². The molecule has 28 heavy (non-hydrogen) atoms. The van der Waals surface area contributed by atoms with Gasteiger partial charge in [-0.3, -0.25) is 9.69 Å². The fraction of sp³-hybridized carbons (Fsp3) is 0.500. The Morgan fingerprint density at radius 1 is 1.14 bits per heavy atom. The molecule has 0 N–H and O–H groups in total. The van der Waals surface area contributed by atoms with Crippen LogP contribution in [0.2, 0.25) is 0 Å². The summed E-state index contributed by atoms with van der Waals surface area (Å²) < 4.78 is 11.5. The molecule has 148 valence electrons. The van der Waals surface area contributed by atoms with Gasteiger partial charge in [0, 0.05) is 43.2 Å². The van der Waals surface area contributed by atoms with Crippen molar-refractivity contribution in [1.29, 1.82) is 0 Å². The Morgan fingerprint density at radius 2 is 2.11 bits per heavy atom. The third-order valence-electron chi connectivity index (χ3n) is 5.91. The van der Waals surface area contributed by atoms with Gasteiger partial charge in [0.05, 0.1) is 6.54 Å². The summed E-state index contributed by atoms with van der Waals surface area (Å²) in [5.41, 5.74) is 3.87. The van der Waals surface area contributed by atoms with E-state index in [9.17, 15) is 4.79 Å². The molecule has 1 aromatic carbocycles. The number of amides is 1. The minimum absolute atomic E-state index is 0.111. The fourth-order valence-corrected chi connectivity index (χ4v) is 5.30. The molecule has 5 rings (SSSR count). The van der Waals surface area contributed by atoms with Gasteiger partial charge in [-0.15, -0.1) is 11.3 Å². The summed E-state index contributed by atoms with van der Waals surface area (Å²) in [5.74, 6) is 1.02. The molecule has 2 aromatic rings. The Labute approximate surface area is 169 Å². The van der Waals surface area contributed by atoms with Gasteiger partial charge in [0.15, 0.2) is 0 Å². The molecule has 6 heteroatoms. The quantitative estimate of drug-likeness (QED) is 0.796. The van der Waals surface area contributed by atoms with Crippen molar-refractivity contribution in [3.8, 4) is 5.75 Å². The van der Waals surface area contributed by atoms with Crippen molar-refractivity contribution in [2.24, 2.45) is 0 Å². The maximum absolute atomic E-state index is 12.8. The van der Waals surface area contributed by atoms with Gasteiger partial charge in [0.1, 0.15) is 18.5 Å². The predicted molar refractivity (Wildman–Crippen MR) is 108 cm³/mol. The first kappa shape index (κ1) is 18.2. The molecule has 5 nitrogen and oxygen atoms in total. The number of ether oxygens (including phenoxy) is 2. The summed E-state index contributed by atoms with van der Waals surface area (Å²) in [6.45, 7) is 5.52. The minimum atomic E-state index is -0.266. The number of benzene rings is 1. The van der Waals surface area contributed by atoms with E-state index in [2.05, 4.69) is 34.5 Å². The molecule has 1 amide bonds. The molecule has 0 aliphatic carbocycles. The number of rotatable bonds is 3. The van der Waals surface area contributed by atoms with E-state index >= 15 is 0 Å². The lowest BCUT2D eigenvalue weighted by Gasteiger charge is -2.27. The summed E-state index contributed by atoms with van der Waals surface area (Å²) in [4.78, 5) is 18.7. The molecule has 1 unspecified atom stereocenters. The van der Waals surface area contributed by atoms with Crippen LogP contribution in [0.1, 0.15) is 34.4 Å². The molecule has 1 saturated heterocycles. The highest BCUT2D eigenvalue weighted by Crippen LogP contribution is 2.28. The Morgan fingerprint density at radius 3 is 3.00 bits per heavy atom. The van der Waals surface area contributed by atoms with E-state index in [0.717, 1.165) is 50.2 Å². The lowest BCUT2D eigenvalue weighted by Crippen LogP contribution is -2.39. The summed E-state index contributed by atoms with van der Waals surface area (Å²) >= 11 is 1.88. The van der Waals surface area contributed by atoms with Crippen LogP contribution in [0.5, 0.6) is 5.75 Å². The molecule has 0 bridgehead atoms. The van der Waals surface area contributed by atoms with Crippen molar-refractivity contribution in [1.82, 2.24) is 9.80 Å². The third kappa shape index (κ3) is 3.69. The topological polar surface area (TPSA) is 42.0 Å². The van der Waals surface area contributed by atoms with Crippen molar-refractivity contribution in [3.63, 3.8) is 0 Å². The lowest BCUT2D eigenvalue weighted by molar-refractivity contribution is -0.141. The Hall–Kier alpha value is -1.89. The molecule has 1 aromatic heterocycles. The minimum Gasteiger partial charge on any atom is -0.491 e. The normalized spacial score (nSPS) is 22.3. The second-order valence-electron chi connectivity index (χ2n) is 7.88. The summed E-state index contributed by atoms with van der Waals surface area (Å²) in [6, 6.07) is 8.72. The van der Waals surface area contributed by atoms with Crippen LogP contribution in [0.4, 0.5) is 0 Å². The number of fused-ring (bicyclic) bond motifs is 2. The molecular formula is C22H26N2O3S. The SMILES string of the molecule is O=C(C1CCCO1)N1CCOc2ccc(CN3CCc4sccc4C3)cc2C1. The average Bonchev–Trinajstić information content (AvgIpc) is 3.35. The number of thiophene rings is 1. The van der Waals surface area contributed by atoms with E-state index in [1.54, 1.807) is 0 Å². The Kier molecular flexibility index (Phi) is 5.09. The zero-order valence-electron chi connectivity index (χ0n) is 16.1. The molecule has 4 heterocycles. The summed E-state index contributed by atoms with van der Waals surface area (Å²) in [5, 5.41) is 2.20. The highest BCUT2D eigenvalue weighted by molar-refractivity contribution is 7.10. The van der Waals surface area contributed by atoms with Gasteiger partial charge in [0.2, 0.25) is 0 Å². The second-order valence-corrected chi connectivity index (χ2v) is 8.88. The number of nitrogens with zero attached hydrogens (tertiary/aromatic N) is 2. The number of hydrogen-bond acceptors (Lipinski definition) is 5. The van der Waals surface area contributed by atoms with Gasteiger partial charge >= 0.3 is 0 Å². The van der Waals surface area contributed by atoms with E-state index in [1.807, 2.05) is 16.2 Å². The Bertz CT molecular complexity index is 859. The molecular weight excluding hydrogens is 372 g/mol. The standard InChI is InChI=1S/C22H26N2O3S/c25-22(20-2-1-9-26-20)24-8-10-27-19-4-3-16(12-18(19)15-24)13-23-7-5-21-17(14-23)6-11-28-21/h3-4,6,11-12,20H,1-2,5,7-10,13-15H2. The van der Waals surface area contributed by atoms with Crippen LogP contribution in [-0.2, 0) is 35.6 Å². The van der Waals surface area contributed by atoms with E-state index < -0.39 is 0 Å². The predicted octanol–water partition coefficient (Wildman–Crippen LogP) is 3.21. The van der Waals surface area contributed by atoms with Gasteiger partial charge < -0.3 is 14.4 Å². The highest BCUT2D eigenvalue weighted by atomic mass is 32.1. The van der Waals surface area contributed by atoms with Gasteiger partial charge in [-0.25, -0.2) is 0 Å². The lowest BCUT2D eigenvalue weighted by atomic mass is 10.1. The highest BCUT2D eigenvalue weighted by Gasteiger charge is 2.30. The monoisotopic (exact) mass is 398 g/mol. The Balaban J connectivity index is 1.30. The maximum Gasteiger partial charge on any atom is 0.252 e. The molecule has 3 aliphatic heterocycles. The van der Waals surface area contributed by atoms with Crippen molar-refractivity contribution < 1.29 is 14.3 Å². The van der Waals surface area contributed by atoms with Gasteiger partial charge in [-0.1, -0.05) is 6.07 Å². The largest absolute Gasteiger partial charge is 0.491 e.